The van der Waals surface area contributed by atoms with Crippen LogP contribution in [0.2, 0.25) is 0 Å². The molecule has 0 spiro atoms. The Morgan fingerprint density at radius 1 is 1.10 bits per heavy atom. The predicted octanol–water partition coefficient (Wildman–Crippen LogP) is 1.97. The van der Waals surface area contributed by atoms with E-state index in [4.69, 9.17) is 4.74 Å². The number of carbonyl (C=O) groups excluding carboxylic acids is 3. The molecule has 0 fully saturated rings. The van der Waals surface area contributed by atoms with Crippen LogP contribution in [0.5, 0.6) is 5.75 Å². The van der Waals surface area contributed by atoms with Gasteiger partial charge in [-0.3, -0.25) is 14.4 Å². The summed E-state index contributed by atoms with van der Waals surface area (Å²) in [5.74, 6) is -6.14. The largest absolute Gasteiger partial charge is 0.477 e. The Labute approximate surface area is 163 Å². The molecule has 152 valence electrons. The zero-order valence-corrected chi connectivity index (χ0v) is 15.2. The van der Waals surface area contributed by atoms with Gasteiger partial charge in [0.2, 0.25) is 11.8 Å². The average molecular weight is 407 g/mol. The second-order valence-electron chi connectivity index (χ2n) is 6.19. The second-order valence-corrected chi connectivity index (χ2v) is 6.19. The van der Waals surface area contributed by atoms with Crippen LogP contribution in [-0.2, 0) is 14.4 Å². The summed E-state index contributed by atoms with van der Waals surface area (Å²) < 4.78 is 45.3. The Bertz CT molecular complexity index is 983. The monoisotopic (exact) mass is 407 g/mol. The lowest BCUT2D eigenvalue weighted by Gasteiger charge is -2.33. The van der Waals surface area contributed by atoms with Crippen LogP contribution in [0.15, 0.2) is 36.4 Å². The van der Waals surface area contributed by atoms with E-state index in [9.17, 15) is 27.6 Å². The van der Waals surface area contributed by atoms with E-state index in [1.165, 1.54) is 11.8 Å². The summed E-state index contributed by atoms with van der Waals surface area (Å²) in [6, 6.07) is 8.20. The number of carbonyl (C=O) groups is 3. The molecule has 1 atom stereocenters. The number of halogens is 3. The van der Waals surface area contributed by atoms with Crippen molar-refractivity contribution in [2.24, 2.45) is 0 Å². The van der Waals surface area contributed by atoms with Crippen molar-refractivity contribution in [3.8, 4) is 5.75 Å². The van der Waals surface area contributed by atoms with Gasteiger partial charge in [0.25, 0.3) is 5.91 Å². The van der Waals surface area contributed by atoms with Crippen LogP contribution >= 0.6 is 0 Å². The fourth-order valence-electron chi connectivity index (χ4n) is 2.77. The van der Waals surface area contributed by atoms with Gasteiger partial charge in [-0.1, -0.05) is 12.1 Å². The normalized spacial score (nSPS) is 15.2. The Balaban J connectivity index is 1.62. The molecule has 10 heteroatoms. The van der Waals surface area contributed by atoms with Crippen molar-refractivity contribution in [1.82, 2.24) is 5.32 Å². The number of ether oxygens (including phenoxy) is 1. The molecule has 0 aromatic heterocycles. The van der Waals surface area contributed by atoms with Crippen LogP contribution in [0.25, 0.3) is 0 Å². The summed E-state index contributed by atoms with van der Waals surface area (Å²) in [5.41, 5.74) is -0.0376. The molecule has 3 amide bonds. The zero-order valence-electron chi connectivity index (χ0n) is 15.2. The molecule has 0 saturated carbocycles. The maximum atomic E-state index is 13.6. The fraction of sp³-hybridized carbons (Fsp3) is 0.211. The van der Waals surface area contributed by atoms with Gasteiger partial charge in [-0.25, -0.2) is 13.2 Å². The minimum absolute atomic E-state index is 0.0579. The van der Waals surface area contributed by atoms with E-state index < -0.39 is 47.6 Å². The van der Waals surface area contributed by atoms with Crippen LogP contribution < -0.4 is 20.3 Å². The maximum Gasteiger partial charge on any atom is 0.263 e. The first-order chi connectivity index (χ1) is 13.8. The van der Waals surface area contributed by atoms with Gasteiger partial charge >= 0.3 is 0 Å². The van der Waals surface area contributed by atoms with Gasteiger partial charge in [-0.15, -0.1) is 0 Å². The highest BCUT2D eigenvalue weighted by Gasteiger charge is 2.32. The summed E-state index contributed by atoms with van der Waals surface area (Å²) in [6.45, 7) is 0.720. The number of hydrogen-bond acceptors (Lipinski definition) is 4. The number of hydrogen-bond donors (Lipinski definition) is 2. The summed E-state index contributed by atoms with van der Waals surface area (Å²) in [5, 5.41) is 4.34. The molecular formula is C19H16F3N3O4. The lowest BCUT2D eigenvalue weighted by molar-refractivity contribution is -0.130. The second kappa shape index (κ2) is 8.21. The van der Waals surface area contributed by atoms with Crippen molar-refractivity contribution in [1.29, 1.82) is 0 Å². The van der Waals surface area contributed by atoms with E-state index in [2.05, 4.69) is 5.32 Å². The predicted molar refractivity (Wildman–Crippen MR) is 96.8 cm³/mol. The minimum atomic E-state index is -1.72. The average Bonchev–Trinajstić information content (AvgIpc) is 2.71. The Morgan fingerprint density at radius 3 is 2.55 bits per heavy atom. The van der Waals surface area contributed by atoms with Gasteiger partial charge in [-0.2, -0.15) is 0 Å². The van der Waals surface area contributed by atoms with Gasteiger partial charge < -0.3 is 20.3 Å². The number of anilines is 2. The van der Waals surface area contributed by atoms with Gasteiger partial charge in [0.15, 0.2) is 23.6 Å². The van der Waals surface area contributed by atoms with Gasteiger partial charge in [0, 0.05) is 6.92 Å². The molecule has 0 radical (unpaired) electrons. The standard InChI is InChI=1S/C19H16F3N3O4/c1-10(26)25-9-15(29-14-5-3-2-4-13(14)25)19(28)23-8-16(27)24-12-7-6-11(20)17(21)18(12)22/h2-7,15H,8-9H2,1H3,(H,23,28)(H,24,27)/t15-/m0/s1. The molecule has 2 aromatic rings. The van der Waals surface area contributed by atoms with Gasteiger partial charge in [0.1, 0.15) is 5.75 Å². The highest BCUT2D eigenvalue weighted by Crippen LogP contribution is 2.33. The van der Waals surface area contributed by atoms with Crippen molar-refractivity contribution in [2.75, 3.05) is 23.3 Å². The molecule has 2 N–H and O–H groups in total. The van der Waals surface area contributed by atoms with Crippen LogP contribution in [0.4, 0.5) is 24.5 Å². The third-order valence-corrected chi connectivity index (χ3v) is 4.18. The Morgan fingerprint density at radius 2 is 1.83 bits per heavy atom. The molecule has 1 aliphatic heterocycles. The lowest BCUT2D eigenvalue weighted by atomic mass is 10.1. The first-order valence-electron chi connectivity index (χ1n) is 8.52. The number of fused-ring (bicyclic) bond motifs is 1. The molecule has 0 saturated heterocycles. The molecule has 0 aliphatic carbocycles. The van der Waals surface area contributed by atoms with E-state index in [0.717, 1.165) is 6.07 Å². The Hall–Kier alpha value is -3.56. The highest BCUT2D eigenvalue weighted by molar-refractivity contribution is 5.98. The van der Waals surface area contributed by atoms with Crippen molar-refractivity contribution >= 4 is 29.1 Å². The fourth-order valence-corrected chi connectivity index (χ4v) is 2.77. The SMILES string of the molecule is CC(=O)N1C[C@@H](C(=O)NCC(=O)Nc2ccc(F)c(F)c2F)Oc2ccccc21. The molecule has 2 aromatic carbocycles. The third kappa shape index (κ3) is 4.31. The van der Waals surface area contributed by atoms with Crippen LogP contribution in [0.1, 0.15) is 6.92 Å². The molecule has 29 heavy (non-hydrogen) atoms. The van der Waals surface area contributed by atoms with Crippen LogP contribution in [0.3, 0.4) is 0 Å². The maximum absolute atomic E-state index is 13.6. The quantitative estimate of drug-likeness (QED) is 0.759. The number of benzene rings is 2. The number of nitrogens with zero attached hydrogens (tertiary/aromatic N) is 1. The molecule has 1 aliphatic rings. The van der Waals surface area contributed by atoms with Crippen molar-refractivity contribution in [3.63, 3.8) is 0 Å². The number of nitrogens with one attached hydrogen (secondary N) is 2. The number of para-hydroxylation sites is 2. The van der Waals surface area contributed by atoms with Crippen molar-refractivity contribution in [3.05, 3.63) is 53.8 Å². The lowest BCUT2D eigenvalue weighted by Crippen LogP contribution is -2.51. The minimum Gasteiger partial charge on any atom is -0.477 e. The van der Waals surface area contributed by atoms with E-state index in [1.54, 1.807) is 24.3 Å². The molecule has 3 rings (SSSR count). The summed E-state index contributed by atoms with van der Waals surface area (Å²) in [6.07, 6.45) is -1.07. The van der Waals surface area contributed by atoms with Crippen LogP contribution in [0, 0.1) is 17.5 Å². The van der Waals surface area contributed by atoms with Gasteiger partial charge in [0.05, 0.1) is 24.5 Å². The van der Waals surface area contributed by atoms with E-state index >= 15 is 0 Å². The molecule has 7 nitrogen and oxygen atoms in total. The third-order valence-electron chi connectivity index (χ3n) is 4.18. The number of amides is 3. The molecule has 1 heterocycles. The highest BCUT2D eigenvalue weighted by atomic mass is 19.2. The summed E-state index contributed by atoms with van der Waals surface area (Å²) in [7, 11) is 0. The summed E-state index contributed by atoms with van der Waals surface area (Å²) in [4.78, 5) is 37.5. The van der Waals surface area contributed by atoms with Crippen LogP contribution in [-0.4, -0.2) is 36.9 Å². The smallest absolute Gasteiger partial charge is 0.263 e. The Kier molecular flexibility index (Phi) is 5.71. The molecular weight excluding hydrogens is 391 g/mol. The number of rotatable bonds is 4. The molecule has 0 bridgehead atoms. The van der Waals surface area contributed by atoms with Crippen molar-refractivity contribution in [2.45, 2.75) is 13.0 Å². The van der Waals surface area contributed by atoms with E-state index in [0.29, 0.717) is 17.5 Å². The van der Waals surface area contributed by atoms with E-state index in [-0.39, 0.29) is 12.5 Å². The topological polar surface area (TPSA) is 87.7 Å². The first kappa shape index (κ1) is 20.2. The van der Waals surface area contributed by atoms with E-state index in [1.807, 2.05) is 5.32 Å². The first-order valence-corrected chi connectivity index (χ1v) is 8.52. The van der Waals surface area contributed by atoms with Crippen molar-refractivity contribution < 1.29 is 32.3 Å². The zero-order chi connectivity index (χ0) is 21.1. The molecule has 0 unspecified atom stereocenters. The summed E-state index contributed by atoms with van der Waals surface area (Å²) >= 11 is 0. The van der Waals surface area contributed by atoms with Gasteiger partial charge in [-0.05, 0) is 24.3 Å².